The SMILES string of the molecule is O=[N+]([O-])c1cc(Cc2cccc(Cl)c2)ccc1NCCC(F)(F)F. The molecule has 0 atom stereocenters. The molecule has 24 heavy (non-hydrogen) atoms. The summed E-state index contributed by atoms with van der Waals surface area (Å²) < 4.78 is 36.5. The third-order valence-corrected chi connectivity index (χ3v) is 3.52. The lowest BCUT2D eigenvalue weighted by Gasteiger charge is -2.10. The van der Waals surface area contributed by atoms with Crippen LogP contribution in [0.5, 0.6) is 0 Å². The quantitative estimate of drug-likeness (QED) is 0.570. The van der Waals surface area contributed by atoms with Gasteiger partial charge >= 0.3 is 6.18 Å². The lowest BCUT2D eigenvalue weighted by Crippen LogP contribution is -2.15. The summed E-state index contributed by atoms with van der Waals surface area (Å²) in [5.41, 5.74) is 1.37. The molecule has 0 spiro atoms. The number of halogens is 4. The van der Waals surface area contributed by atoms with Gasteiger partial charge in [0.1, 0.15) is 5.69 Å². The van der Waals surface area contributed by atoms with Crippen molar-refractivity contribution in [2.45, 2.75) is 19.0 Å². The molecule has 128 valence electrons. The molecule has 0 unspecified atom stereocenters. The van der Waals surface area contributed by atoms with Gasteiger partial charge < -0.3 is 5.32 Å². The van der Waals surface area contributed by atoms with E-state index in [1.54, 1.807) is 24.3 Å². The Morgan fingerprint density at radius 1 is 1.12 bits per heavy atom. The molecule has 4 nitrogen and oxygen atoms in total. The topological polar surface area (TPSA) is 55.2 Å². The fraction of sp³-hybridized carbons (Fsp3) is 0.250. The first-order valence-electron chi connectivity index (χ1n) is 7.07. The van der Waals surface area contributed by atoms with Gasteiger partial charge in [0.15, 0.2) is 0 Å². The van der Waals surface area contributed by atoms with Crippen LogP contribution in [0.4, 0.5) is 24.5 Å². The van der Waals surface area contributed by atoms with Gasteiger partial charge in [-0.1, -0.05) is 29.8 Å². The first kappa shape index (κ1) is 18.1. The Labute approximate surface area is 141 Å². The molecular formula is C16H14ClF3N2O2. The number of hydrogen-bond acceptors (Lipinski definition) is 3. The number of hydrogen-bond donors (Lipinski definition) is 1. The Hall–Kier alpha value is -2.28. The number of nitro benzene ring substituents is 1. The zero-order chi connectivity index (χ0) is 17.7. The van der Waals surface area contributed by atoms with Gasteiger partial charge in [0, 0.05) is 17.6 Å². The largest absolute Gasteiger partial charge is 0.390 e. The summed E-state index contributed by atoms with van der Waals surface area (Å²) in [5.74, 6) is 0. The van der Waals surface area contributed by atoms with Crippen molar-refractivity contribution < 1.29 is 18.1 Å². The highest BCUT2D eigenvalue weighted by Gasteiger charge is 2.26. The summed E-state index contributed by atoms with van der Waals surface area (Å²) in [6, 6.07) is 11.5. The molecule has 0 aliphatic heterocycles. The molecule has 2 rings (SSSR count). The average Bonchev–Trinajstić information content (AvgIpc) is 2.47. The molecule has 0 aliphatic carbocycles. The maximum atomic E-state index is 12.2. The van der Waals surface area contributed by atoms with Gasteiger partial charge in [0.2, 0.25) is 0 Å². The highest BCUT2D eigenvalue weighted by Crippen LogP contribution is 2.28. The van der Waals surface area contributed by atoms with Crippen LogP contribution in [0.1, 0.15) is 17.5 Å². The third-order valence-electron chi connectivity index (χ3n) is 3.28. The lowest BCUT2D eigenvalue weighted by molar-refractivity contribution is -0.384. The van der Waals surface area contributed by atoms with Crippen LogP contribution >= 0.6 is 11.6 Å². The van der Waals surface area contributed by atoms with Gasteiger partial charge in [0.05, 0.1) is 11.3 Å². The molecule has 0 radical (unpaired) electrons. The zero-order valence-electron chi connectivity index (χ0n) is 12.4. The molecule has 1 N–H and O–H groups in total. The second kappa shape index (κ2) is 7.53. The van der Waals surface area contributed by atoms with E-state index in [0.717, 1.165) is 5.56 Å². The predicted molar refractivity (Wildman–Crippen MR) is 86.5 cm³/mol. The van der Waals surface area contributed by atoms with Gasteiger partial charge in [-0.15, -0.1) is 0 Å². The Morgan fingerprint density at radius 3 is 2.46 bits per heavy atom. The summed E-state index contributed by atoms with van der Waals surface area (Å²) in [7, 11) is 0. The van der Waals surface area contributed by atoms with Crippen LogP contribution in [0.2, 0.25) is 5.02 Å². The van der Waals surface area contributed by atoms with E-state index in [2.05, 4.69) is 5.32 Å². The van der Waals surface area contributed by atoms with Crippen LogP contribution in [0.3, 0.4) is 0 Å². The monoisotopic (exact) mass is 358 g/mol. The highest BCUT2D eigenvalue weighted by atomic mass is 35.5. The molecule has 0 saturated carbocycles. The third kappa shape index (κ3) is 5.42. The number of nitro groups is 1. The summed E-state index contributed by atoms with van der Waals surface area (Å²) in [6.45, 7) is -0.419. The van der Waals surface area contributed by atoms with E-state index in [4.69, 9.17) is 11.6 Å². The van der Waals surface area contributed by atoms with E-state index >= 15 is 0 Å². The summed E-state index contributed by atoms with van der Waals surface area (Å²) in [6.07, 6.45) is -4.94. The van der Waals surface area contributed by atoms with E-state index in [0.29, 0.717) is 17.0 Å². The van der Waals surface area contributed by atoms with Crippen molar-refractivity contribution in [1.29, 1.82) is 0 Å². The first-order chi connectivity index (χ1) is 11.2. The van der Waals surface area contributed by atoms with E-state index in [-0.39, 0.29) is 11.4 Å². The molecule has 0 aromatic heterocycles. The van der Waals surface area contributed by atoms with Crippen LogP contribution in [0, 0.1) is 10.1 Å². The summed E-state index contributed by atoms with van der Waals surface area (Å²) >= 11 is 5.90. The smallest absolute Gasteiger partial charge is 0.379 e. The number of nitrogens with zero attached hydrogens (tertiary/aromatic N) is 1. The van der Waals surface area contributed by atoms with Crippen LogP contribution in [-0.4, -0.2) is 17.6 Å². The van der Waals surface area contributed by atoms with E-state index in [9.17, 15) is 23.3 Å². The van der Waals surface area contributed by atoms with Crippen LogP contribution in [0.15, 0.2) is 42.5 Å². The second-order valence-electron chi connectivity index (χ2n) is 5.21. The van der Waals surface area contributed by atoms with Gasteiger partial charge in [-0.3, -0.25) is 10.1 Å². The number of anilines is 1. The minimum Gasteiger partial charge on any atom is -0.379 e. The molecule has 2 aromatic carbocycles. The van der Waals surface area contributed by atoms with Crippen LogP contribution in [0.25, 0.3) is 0 Å². The number of alkyl halides is 3. The first-order valence-corrected chi connectivity index (χ1v) is 7.45. The summed E-state index contributed by atoms with van der Waals surface area (Å²) in [4.78, 5) is 10.5. The van der Waals surface area contributed by atoms with Crippen molar-refractivity contribution in [1.82, 2.24) is 0 Å². The zero-order valence-corrected chi connectivity index (χ0v) is 13.2. The molecule has 0 saturated heterocycles. The van der Waals surface area contributed by atoms with E-state index in [1.807, 2.05) is 6.07 Å². The normalized spacial score (nSPS) is 11.3. The molecule has 0 bridgehead atoms. The minimum absolute atomic E-state index is 0.0686. The summed E-state index contributed by atoms with van der Waals surface area (Å²) in [5, 5.41) is 14.2. The Bertz CT molecular complexity index is 736. The van der Waals surface area contributed by atoms with Gasteiger partial charge in [-0.25, -0.2) is 0 Å². The van der Waals surface area contributed by atoms with E-state index < -0.39 is 24.1 Å². The molecule has 0 heterocycles. The average molecular weight is 359 g/mol. The van der Waals surface area contributed by atoms with Crippen molar-refractivity contribution in [3.63, 3.8) is 0 Å². The second-order valence-corrected chi connectivity index (χ2v) is 5.64. The molecule has 0 fully saturated rings. The number of nitrogens with one attached hydrogen (secondary N) is 1. The van der Waals surface area contributed by atoms with Crippen molar-refractivity contribution in [2.75, 3.05) is 11.9 Å². The fourth-order valence-electron chi connectivity index (χ4n) is 2.21. The maximum absolute atomic E-state index is 12.2. The van der Waals surface area contributed by atoms with Gasteiger partial charge in [-0.2, -0.15) is 13.2 Å². The highest BCUT2D eigenvalue weighted by molar-refractivity contribution is 6.30. The van der Waals surface area contributed by atoms with E-state index in [1.165, 1.54) is 12.1 Å². The molecule has 2 aromatic rings. The Kier molecular flexibility index (Phi) is 5.66. The lowest BCUT2D eigenvalue weighted by atomic mass is 10.0. The molecule has 0 aliphatic rings. The Morgan fingerprint density at radius 2 is 1.83 bits per heavy atom. The fourth-order valence-corrected chi connectivity index (χ4v) is 2.42. The van der Waals surface area contributed by atoms with Crippen molar-refractivity contribution in [3.8, 4) is 0 Å². The predicted octanol–water partition coefficient (Wildman–Crippen LogP) is 5.20. The number of rotatable bonds is 6. The van der Waals surface area contributed by atoms with Gasteiger partial charge in [0.25, 0.3) is 5.69 Å². The number of benzene rings is 2. The van der Waals surface area contributed by atoms with Crippen molar-refractivity contribution >= 4 is 23.0 Å². The van der Waals surface area contributed by atoms with Crippen LogP contribution in [-0.2, 0) is 6.42 Å². The Balaban J connectivity index is 2.15. The van der Waals surface area contributed by atoms with Crippen molar-refractivity contribution in [3.05, 3.63) is 68.7 Å². The molecule has 8 heteroatoms. The minimum atomic E-state index is -4.31. The van der Waals surface area contributed by atoms with Crippen molar-refractivity contribution in [2.24, 2.45) is 0 Å². The molecule has 0 amide bonds. The molecular weight excluding hydrogens is 345 g/mol. The standard InChI is InChI=1S/C16H14ClF3N2O2/c17-13-3-1-2-11(9-13)8-12-4-5-14(15(10-12)22(23)24)21-7-6-16(18,19)20/h1-5,9-10,21H,6-8H2. The van der Waals surface area contributed by atoms with Gasteiger partial charge in [-0.05, 0) is 35.7 Å². The van der Waals surface area contributed by atoms with Crippen LogP contribution < -0.4 is 5.32 Å². The maximum Gasteiger partial charge on any atom is 0.390 e.